The Kier molecular flexibility index (Phi) is 2.76. The van der Waals surface area contributed by atoms with E-state index < -0.39 is 0 Å². The van der Waals surface area contributed by atoms with E-state index in [4.69, 9.17) is 4.42 Å². The molecule has 1 aromatic carbocycles. The quantitative estimate of drug-likeness (QED) is 0.680. The van der Waals surface area contributed by atoms with Crippen molar-refractivity contribution >= 4 is 26.9 Å². The third-order valence-corrected chi connectivity index (χ3v) is 4.29. The van der Waals surface area contributed by atoms with Gasteiger partial charge < -0.3 is 4.42 Å². The molecule has 1 aromatic heterocycles. The van der Waals surface area contributed by atoms with E-state index in [-0.39, 0.29) is 0 Å². The molecule has 2 aromatic rings. The molecule has 2 heteroatoms. The molecule has 0 amide bonds. The molecule has 1 saturated carbocycles. The molecule has 1 heterocycles. The van der Waals surface area contributed by atoms with Crippen LogP contribution < -0.4 is 0 Å². The molecule has 0 aliphatic heterocycles. The predicted octanol–water partition coefficient (Wildman–Crippen LogP) is 4.85. The molecule has 1 fully saturated rings. The minimum atomic E-state index is 0.602. The lowest BCUT2D eigenvalue weighted by atomic mass is 9.87. The first-order chi connectivity index (χ1) is 7.83. The number of fused-ring (bicyclic) bond motifs is 1. The van der Waals surface area contributed by atoms with Gasteiger partial charge in [-0.05, 0) is 31.4 Å². The number of furan rings is 1. The number of benzene rings is 1. The Labute approximate surface area is 104 Å². The first-order valence-corrected chi connectivity index (χ1v) is 6.87. The van der Waals surface area contributed by atoms with Crippen LogP contribution in [0.2, 0.25) is 0 Å². The molecule has 1 aliphatic rings. The Morgan fingerprint density at radius 3 is 2.88 bits per heavy atom. The Morgan fingerprint density at radius 1 is 1.19 bits per heavy atom. The summed E-state index contributed by atoms with van der Waals surface area (Å²) in [6, 6.07) is 10.5. The van der Waals surface area contributed by atoms with Crippen LogP contribution in [0, 0.1) is 0 Å². The minimum absolute atomic E-state index is 0.602. The monoisotopic (exact) mass is 278 g/mol. The lowest BCUT2D eigenvalue weighted by molar-refractivity contribution is 0.394. The number of halogens is 1. The van der Waals surface area contributed by atoms with Gasteiger partial charge in [-0.2, -0.15) is 0 Å². The maximum atomic E-state index is 5.94. The molecule has 1 nitrogen and oxygen atoms in total. The van der Waals surface area contributed by atoms with Crippen molar-refractivity contribution in [3.05, 3.63) is 36.1 Å². The fraction of sp³-hybridized carbons (Fsp3) is 0.429. The number of hydrogen-bond acceptors (Lipinski definition) is 1. The van der Waals surface area contributed by atoms with Crippen LogP contribution in [-0.2, 0) is 0 Å². The van der Waals surface area contributed by atoms with Gasteiger partial charge in [0, 0.05) is 16.1 Å². The van der Waals surface area contributed by atoms with Crippen LogP contribution in [0.3, 0.4) is 0 Å². The van der Waals surface area contributed by atoms with E-state index >= 15 is 0 Å². The van der Waals surface area contributed by atoms with E-state index in [1.165, 1.54) is 36.8 Å². The largest absolute Gasteiger partial charge is 0.461 e. The number of hydrogen-bond donors (Lipinski definition) is 0. The molecule has 3 rings (SSSR count). The summed E-state index contributed by atoms with van der Waals surface area (Å²) in [5.41, 5.74) is 1.02. The van der Waals surface area contributed by atoms with Gasteiger partial charge in [0.2, 0.25) is 0 Å². The van der Waals surface area contributed by atoms with Crippen molar-refractivity contribution < 1.29 is 4.42 Å². The first-order valence-electron chi connectivity index (χ1n) is 5.95. The van der Waals surface area contributed by atoms with E-state index in [1.807, 2.05) is 12.1 Å². The van der Waals surface area contributed by atoms with Crippen LogP contribution in [-0.4, -0.2) is 4.83 Å². The van der Waals surface area contributed by atoms with Crippen molar-refractivity contribution in [1.29, 1.82) is 0 Å². The number of rotatable bonds is 1. The standard InChI is InChI=1S/C14H15BrO/c15-12-6-3-5-10(8-12)14-9-11-4-1-2-7-13(11)16-14/h1-2,4,7,9-10,12H,3,5-6,8H2. The van der Waals surface area contributed by atoms with Gasteiger partial charge in [-0.1, -0.05) is 40.5 Å². The summed E-state index contributed by atoms with van der Waals surface area (Å²) in [7, 11) is 0. The molecule has 0 bridgehead atoms. The second-order valence-corrected chi connectivity index (χ2v) is 5.94. The summed E-state index contributed by atoms with van der Waals surface area (Å²) in [5.74, 6) is 1.77. The summed E-state index contributed by atoms with van der Waals surface area (Å²) in [6.07, 6.45) is 5.08. The zero-order valence-corrected chi connectivity index (χ0v) is 10.7. The van der Waals surface area contributed by atoms with Crippen molar-refractivity contribution in [2.45, 2.75) is 36.4 Å². The van der Waals surface area contributed by atoms with Gasteiger partial charge in [0.25, 0.3) is 0 Å². The maximum absolute atomic E-state index is 5.94. The molecule has 84 valence electrons. The Hall–Kier alpha value is -0.760. The molecule has 0 saturated heterocycles. The van der Waals surface area contributed by atoms with Gasteiger partial charge in [0.1, 0.15) is 11.3 Å². The van der Waals surface area contributed by atoms with Gasteiger partial charge in [-0.25, -0.2) is 0 Å². The third kappa shape index (κ3) is 1.91. The lowest BCUT2D eigenvalue weighted by Gasteiger charge is -2.23. The molecular weight excluding hydrogens is 264 g/mol. The minimum Gasteiger partial charge on any atom is -0.461 e. The molecular formula is C14H15BrO. The molecule has 16 heavy (non-hydrogen) atoms. The molecule has 2 atom stereocenters. The zero-order valence-electron chi connectivity index (χ0n) is 9.16. The van der Waals surface area contributed by atoms with E-state index in [0.717, 1.165) is 5.58 Å². The average molecular weight is 279 g/mol. The summed E-state index contributed by atoms with van der Waals surface area (Å²) >= 11 is 3.73. The van der Waals surface area contributed by atoms with Gasteiger partial charge in [0.05, 0.1) is 0 Å². The SMILES string of the molecule is BrC1CCCC(c2cc3ccccc3o2)C1. The predicted molar refractivity (Wildman–Crippen MR) is 70.1 cm³/mol. The van der Waals surface area contributed by atoms with Crippen LogP contribution >= 0.6 is 15.9 Å². The van der Waals surface area contributed by atoms with Gasteiger partial charge in [0.15, 0.2) is 0 Å². The van der Waals surface area contributed by atoms with Crippen LogP contribution in [0.4, 0.5) is 0 Å². The molecule has 2 unspecified atom stereocenters. The molecule has 0 radical (unpaired) electrons. The van der Waals surface area contributed by atoms with Crippen LogP contribution in [0.5, 0.6) is 0 Å². The van der Waals surface area contributed by atoms with E-state index in [1.54, 1.807) is 0 Å². The third-order valence-electron chi connectivity index (χ3n) is 3.46. The number of para-hydroxylation sites is 1. The number of alkyl halides is 1. The Balaban J connectivity index is 1.93. The summed E-state index contributed by atoms with van der Waals surface area (Å²) in [5, 5.41) is 1.23. The van der Waals surface area contributed by atoms with E-state index in [0.29, 0.717) is 10.7 Å². The highest BCUT2D eigenvalue weighted by Gasteiger charge is 2.23. The first kappa shape index (κ1) is 10.4. The average Bonchev–Trinajstić information content (AvgIpc) is 2.72. The Bertz CT molecular complexity index is 455. The van der Waals surface area contributed by atoms with Crippen molar-refractivity contribution in [1.82, 2.24) is 0 Å². The zero-order chi connectivity index (χ0) is 11.0. The topological polar surface area (TPSA) is 13.1 Å². The maximum Gasteiger partial charge on any atom is 0.134 e. The highest BCUT2D eigenvalue weighted by Crippen LogP contribution is 2.37. The second-order valence-electron chi connectivity index (χ2n) is 4.65. The van der Waals surface area contributed by atoms with Crippen molar-refractivity contribution in [3.8, 4) is 0 Å². The van der Waals surface area contributed by atoms with Crippen LogP contribution in [0.25, 0.3) is 11.0 Å². The Morgan fingerprint density at radius 2 is 2.06 bits per heavy atom. The van der Waals surface area contributed by atoms with Crippen LogP contribution in [0.1, 0.15) is 37.4 Å². The highest BCUT2D eigenvalue weighted by atomic mass is 79.9. The summed E-state index contributed by atoms with van der Waals surface area (Å²) < 4.78 is 5.94. The molecule has 0 spiro atoms. The van der Waals surface area contributed by atoms with Gasteiger partial charge in [-0.3, -0.25) is 0 Å². The fourth-order valence-electron chi connectivity index (χ4n) is 2.59. The van der Waals surface area contributed by atoms with Crippen LogP contribution in [0.15, 0.2) is 34.7 Å². The van der Waals surface area contributed by atoms with E-state index in [9.17, 15) is 0 Å². The fourth-order valence-corrected chi connectivity index (χ4v) is 3.37. The second kappa shape index (κ2) is 4.25. The molecule has 1 aliphatic carbocycles. The smallest absolute Gasteiger partial charge is 0.134 e. The normalized spacial score (nSPS) is 26.1. The highest BCUT2D eigenvalue weighted by molar-refractivity contribution is 9.09. The summed E-state index contributed by atoms with van der Waals surface area (Å²) in [4.78, 5) is 0.666. The van der Waals surface area contributed by atoms with Gasteiger partial charge >= 0.3 is 0 Å². The lowest BCUT2D eigenvalue weighted by Crippen LogP contribution is -2.12. The van der Waals surface area contributed by atoms with Crippen molar-refractivity contribution in [2.24, 2.45) is 0 Å². The van der Waals surface area contributed by atoms with E-state index in [2.05, 4.69) is 34.1 Å². The van der Waals surface area contributed by atoms with Crippen molar-refractivity contribution in [3.63, 3.8) is 0 Å². The van der Waals surface area contributed by atoms with Gasteiger partial charge in [-0.15, -0.1) is 0 Å². The van der Waals surface area contributed by atoms with Crippen molar-refractivity contribution in [2.75, 3.05) is 0 Å². The molecule has 0 N–H and O–H groups in total. The summed E-state index contributed by atoms with van der Waals surface area (Å²) in [6.45, 7) is 0.